The molecule has 3 rings (SSSR count). The Hall–Kier alpha value is -1.51. The molecule has 28 heavy (non-hydrogen) atoms. The van der Waals surface area contributed by atoms with Crippen molar-refractivity contribution in [3.8, 4) is 16.9 Å². The molecule has 3 heteroatoms. The van der Waals surface area contributed by atoms with Crippen molar-refractivity contribution in [3.05, 3.63) is 57.7 Å². The summed E-state index contributed by atoms with van der Waals surface area (Å²) in [6, 6.07) is 9.15. The molecule has 0 radical (unpaired) electrons. The van der Waals surface area contributed by atoms with Crippen LogP contribution >= 0.6 is 11.1 Å². The number of benzene rings is 2. The molecule has 1 atom stereocenters. The van der Waals surface area contributed by atoms with Gasteiger partial charge in [-0.25, -0.2) is 0 Å². The molecule has 0 bridgehead atoms. The van der Waals surface area contributed by atoms with E-state index in [2.05, 4.69) is 85.0 Å². The van der Waals surface area contributed by atoms with Gasteiger partial charge in [0.1, 0.15) is 5.75 Å². The van der Waals surface area contributed by atoms with Gasteiger partial charge in [0.05, 0.1) is 7.11 Å². The highest BCUT2D eigenvalue weighted by atomic mass is 35.6. The van der Waals surface area contributed by atoms with E-state index in [1.54, 1.807) is 7.11 Å². The van der Waals surface area contributed by atoms with Gasteiger partial charge < -0.3 is 4.74 Å². The van der Waals surface area contributed by atoms with E-state index in [-0.39, 0.29) is 5.41 Å². The number of hydrogen-bond acceptors (Lipinski definition) is 1. The highest BCUT2D eigenvalue weighted by Gasteiger charge is 2.40. The Morgan fingerprint density at radius 1 is 0.964 bits per heavy atom. The summed E-state index contributed by atoms with van der Waals surface area (Å²) in [5.74, 6) is 0.995. The first-order valence-corrected chi connectivity index (χ1v) is 14.1. The Morgan fingerprint density at radius 3 is 2.00 bits per heavy atom. The Balaban J connectivity index is 2.46. The normalized spacial score (nSPS) is 16.8. The van der Waals surface area contributed by atoms with Crippen LogP contribution < -0.4 is 4.74 Å². The Bertz CT molecular complexity index is 938. The molecule has 1 nitrogen and oxygen atoms in total. The van der Waals surface area contributed by atoms with Crippen molar-refractivity contribution in [1.29, 1.82) is 0 Å². The molecule has 1 aliphatic rings. The quantitative estimate of drug-likeness (QED) is 0.369. The molecule has 0 spiro atoms. The van der Waals surface area contributed by atoms with Crippen molar-refractivity contribution in [1.82, 2.24) is 0 Å². The van der Waals surface area contributed by atoms with E-state index in [1.807, 2.05) is 0 Å². The molecule has 2 aromatic rings. The fraction of sp³-hybridized carbons (Fsp3) is 0.440. The Labute approximate surface area is 176 Å². The van der Waals surface area contributed by atoms with Crippen molar-refractivity contribution in [2.45, 2.75) is 65.6 Å². The van der Waals surface area contributed by atoms with Gasteiger partial charge >= 0.3 is 0 Å². The van der Waals surface area contributed by atoms with Crippen LogP contribution in [0.4, 0.5) is 0 Å². The number of aryl methyl sites for hydroxylation is 2. The maximum absolute atomic E-state index is 7.02. The summed E-state index contributed by atoms with van der Waals surface area (Å²) in [6.07, 6.45) is 2.35. The van der Waals surface area contributed by atoms with Crippen LogP contribution in [0.3, 0.4) is 0 Å². The maximum Gasteiger partial charge on any atom is 0.161 e. The molecule has 0 aliphatic heterocycles. The molecular formula is C25H33ClOSi. The predicted octanol–water partition coefficient (Wildman–Crippen LogP) is 7.76. The van der Waals surface area contributed by atoms with Crippen LogP contribution in [0.5, 0.6) is 5.75 Å². The van der Waals surface area contributed by atoms with Crippen LogP contribution in [-0.4, -0.2) is 14.5 Å². The van der Waals surface area contributed by atoms with E-state index < -0.39 is 7.38 Å². The molecule has 0 fully saturated rings. The van der Waals surface area contributed by atoms with Gasteiger partial charge in [0.25, 0.3) is 0 Å². The van der Waals surface area contributed by atoms with Crippen molar-refractivity contribution in [3.63, 3.8) is 0 Å². The van der Waals surface area contributed by atoms with Gasteiger partial charge in [-0.15, -0.1) is 0 Å². The molecule has 150 valence electrons. The fourth-order valence-corrected chi connectivity index (χ4v) is 7.75. The molecule has 0 saturated heterocycles. The summed E-state index contributed by atoms with van der Waals surface area (Å²) in [5.41, 5.74) is 10.6. The van der Waals surface area contributed by atoms with Crippen LogP contribution in [0.1, 0.15) is 61.1 Å². The second-order valence-corrected chi connectivity index (χ2v) is 16.5. The number of allylic oxidation sites excluding steroid dienone is 1. The first kappa shape index (κ1) is 21.2. The highest BCUT2D eigenvalue weighted by molar-refractivity contribution is 7.20. The fourth-order valence-electron chi connectivity index (χ4n) is 4.74. The molecule has 2 aromatic carbocycles. The zero-order valence-corrected chi connectivity index (χ0v) is 20.5. The average molecular weight is 413 g/mol. The SMILES string of the molecule is COc1c(C(C)(C)C)cc2c(c1-c1cc(C)cc(C)c1)C=C(C)C2[Si](C)(C)Cl. The van der Waals surface area contributed by atoms with Gasteiger partial charge in [0.2, 0.25) is 0 Å². The topological polar surface area (TPSA) is 9.23 Å². The molecule has 0 N–H and O–H groups in total. The number of hydrogen-bond donors (Lipinski definition) is 0. The lowest BCUT2D eigenvalue weighted by atomic mass is 9.81. The molecular weight excluding hydrogens is 380 g/mol. The van der Waals surface area contributed by atoms with Gasteiger partial charge in [-0.1, -0.05) is 80.9 Å². The zero-order valence-electron chi connectivity index (χ0n) is 18.8. The minimum absolute atomic E-state index is 0.0208. The van der Waals surface area contributed by atoms with E-state index in [0.29, 0.717) is 5.54 Å². The molecule has 0 amide bonds. The largest absolute Gasteiger partial charge is 0.496 e. The summed E-state index contributed by atoms with van der Waals surface area (Å²) < 4.78 is 6.07. The van der Waals surface area contributed by atoms with Gasteiger partial charge in [-0.2, -0.15) is 11.1 Å². The van der Waals surface area contributed by atoms with Crippen molar-refractivity contribution in [2.24, 2.45) is 0 Å². The van der Waals surface area contributed by atoms with Gasteiger partial charge in [-0.3, -0.25) is 0 Å². The van der Waals surface area contributed by atoms with Crippen molar-refractivity contribution in [2.75, 3.05) is 7.11 Å². The first-order chi connectivity index (χ1) is 12.8. The summed E-state index contributed by atoms with van der Waals surface area (Å²) in [5, 5.41) is 0. The Kier molecular flexibility index (Phi) is 5.35. The third kappa shape index (κ3) is 3.69. The van der Waals surface area contributed by atoms with Crippen molar-refractivity contribution < 1.29 is 4.74 Å². The van der Waals surface area contributed by atoms with Crippen LogP contribution in [0.2, 0.25) is 13.1 Å². The number of fused-ring (bicyclic) bond motifs is 1. The van der Waals surface area contributed by atoms with Crippen LogP contribution in [0.25, 0.3) is 17.2 Å². The van der Waals surface area contributed by atoms with Gasteiger partial charge in [0, 0.05) is 16.7 Å². The van der Waals surface area contributed by atoms with E-state index >= 15 is 0 Å². The van der Waals surface area contributed by atoms with Crippen LogP contribution in [-0.2, 0) is 5.41 Å². The monoisotopic (exact) mass is 412 g/mol. The number of rotatable bonds is 3. The minimum atomic E-state index is -1.93. The second-order valence-electron chi connectivity index (χ2n) is 9.85. The first-order valence-electron chi connectivity index (χ1n) is 10.1. The molecule has 0 heterocycles. The zero-order chi connectivity index (χ0) is 21.0. The summed E-state index contributed by atoms with van der Waals surface area (Å²) in [7, 11) is -0.133. The summed E-state index contributed by atoms with van der Waals surface area (Å²) in [6.45, 7) is 17.8. The lowest BCUT2D eigenvalue weighted by Gasteiger charge is -2.30. The molecule has 1 unspecified atom stereocenters. The standard InChI is InChI=1S/C25H33ClOSi/c1-15-10-16(2)12-18(11-15)22-19-13-17(3)24(28(8,9)26)20(19)14-21(23(22)27-7)25(4,5)6/h10-14,24H,1-9H3. The van der Waals surface area contributed by atoms with Crippen LogP contribution in [0.15, 0.2) is 29.8 Å². The number of ether oxygens (including phenoxy) is 1. The second kappa shape index (κ2) is 7.07. The van der Waals surface area contributed by atoms with E-state index in [4.69, 9.17) is 15.8 Å². The average Bonchev–Trinajstić information content (AvgIpc) is 2.86. The minimum Gasteiger partial charge on any atom is -0.496 e. The van der Waals surface area contributed by atoms with Crippen molar-refractivity contribution >= 4 is 24.5 Å². The Morgan fingerprint density at radius 2 is 1.54 bits per heavy atom. The van der Waals surface area contributed by atoms with E-state index in [9.17, 15) is 0 Å². The third-order valence-electron chi connectivity index (χ3n) is 5.70. The lowest BCUT2D eigenvalue weighted by Crippen LogP contribution is -2.28. The van der Waals surface area contributed by atoms with Crippen LogP contribution in [0, 0.1) is 13.8 Å². The summed E-state index contributed by atoms with van der Waals surface area (Å²) in [4.78, 5) is 0. The molecule has 0 saturated carbocycles. The molecule has 1 aliphatic carbocycles. The van der Waals surface area contributed by atoms with Gasteiger partial charge in [-0.05, 0) is 42.9 Å². The van der Waals surface area contributed by atoms with E-state index in [1.165, 1.54) is 44.5 Å². The smallest absolute Gasteiger partial charge is 0.161 e. The molecule has 0 aromatic heterocycles. The number of halogens is 1. The predicted molar refractivity (Wildman–Crippen MR) is 126 cm³/mol. The maximum atomic E-state index is 7.02. The van der Waals surface area contributed by atoms with Gasteiger partial charge in [0.15, 0.2) is 7.38 Å². The summed E-state index contributed by atoms with van der Waals surface area (Å²) >= 11 is 7.02. The lowest BCUT2D eigenvalue weighted by molar-refractivity contribution is 0.399. The van der Waals surface area contributed by atoms with E-state index in [0.717, 1.165) is 5.75 Å². The third-order valence-corrected chi connectivity index (χ3v) is 8.49. The highest BCUT2D eigenvalue weighted by Crippen LogP contribution is 2.52. The number of methoxy groups -OCH3 is 1.